The van der Waals surface area contributed by atoms with Gasteiger partial charge in [0.1, 0.15) is 0 Å². The second kappa shape index (κ2) is 5.55. The zero-order valence-corrected chi connectivity index (χ0v) is 13.1. The summed E-state index contributed by atoms with van der Waals surface area (Å²) in [4.78, 5) is 0. The third-order valence-electron chi connectivity index (χ3n) is 4.84. The average molecular weight is 324 g/mol. The molecule has 0 amide bonds. The lowest BCUT2D eigenvalue weighted by Gasteiger charge is -2.26. The van der Waals surface area contributed by atoms with Gasteiger partial charge in [-0.3, -0.25) is 0 Å². The number of aryl methyl sites for hydroxylation is 1. The van der Waals surface area contributed by atoms with Crippen LogP contribution in [0, 0.1) is 11.3 Å². The second-order valence-electron chi connectivity index (χ2n) is 6.05. The van der Waals surface area contributed by atoms with Crippen molar-refractivity contribution in [1.29, 1.82) is 0 Å². The van der Waals surface area contributed by atoms with E-state index in [-0.39, 0.29) is 0 Å². The van der Waals surface area contributed by atoms with E-state index >= 15 is 0 Å². The molecular weight excluding hydrogens is 302 g/mol. The third-order valence-corrected chi connectivity index (χ3v) is 5.33. The van der Waals surface area contributed by atoms with Crippen LogP contribution >= 0.6 is 15.9 Å². The van der Waals surface area contributed by atoms with Gasteiger partial charge in [0.25, 0.3) is 0 Å². The minimum atomic E-state index is 0.612. The van der Waals surface area contributed by atoms with E-state index in [0.717, 1.165) is 25.6 Å². The summed E-state index contributed by atoms with van der Waals surface area (Å²) in [5.74, 6) is 0.876. The van der Waals surface area contributed by atoms with Gasteiger partial charge in [0.2, 0.25) is 0 Å². The third kappa shape index (κ3) is 2.88. The number of hydrogen-bond donors (Lipinski definition) is 1. The van der Waals surface area contributed by atoms with Crippen molar-refractivity contribution in [1.82, 2.24) is 5.32 Å². The van der Waals surface area contributed by atoms with Crippen molar-refractivity contribution in [3.8, 4) is 0 Å². The Morgan fingerprint density at radius 1 is 1.42 bits per heavy atom. The predicted molar refractivity (Wildman–Crippen MR) is 81.5 cm³/mol. The van der Waals surface area contributed by atoms with Crippen molar-refractivity contribution in [3.63, 3.8) is 0 Å². The summed E-state index contributed by atoms with van der Waals surface area (Å²) in [5.41, 5.74) is 3.74. The predicted octanol–water partition coefficient (Wildman–Crippen LogP) is 3.18. The minimum absolute atomic E-state index is 0.612. The van der Waals surface area contributed by atoms with Gasteiger partial charge in [-0.05, 0) is 66.8 Å². The van der Waals surface area contributed by atoms with Crippen molar-refractivity contribution < 1.29 is 4.74 Å². The monoisotopic (exact) mass is 323 g/mol. The van der Waals surface area contributed by atoms with Crippen LogP contribution in [0.5, 0.6) is 0 Å². The summed E-state index contributed by atoms with van der Waals surface area (Å²) in [6, 6.07) is 6.80. The molecule has 104 valence electrons. The summed E-state index contributed by atoms with van der Waals surface area (Å²) in [6.45, 7) is 2.96. The number of nitrogens with one attached hydrogen (secondary N) is 1. The molecule has 0 heterocycles. The number of hydrogen-bond acceptors (Lipinski definition) is 2. The van der Waals surface area contributed by atoms with Crippen LogP contribution in [0.15, 0.2) is 22.7 Å². The van der Waals surface area contributed by atoms with Gasteiger partial charge in [0.05, 0.1) is 6.61 Å². The van der Waals surface area contributed by atoms with Crippen LogP contribution in [0.2, 0.25) is 0 Å². The molecule has 0 radical (unpaired) electrons. The topological polar surface area (TPSA) is 21.3 Å². The summed E-state index contributed by atoms with van der Waals surface area (Å²) in [7, 11) is 1.76. The number of fused-ring (bicyclic) bond motifs is 1. The molecule has 1 fully saturated rings. The first-order valence-electron chi connectivity index (χ1n) is 7.20. The maximum absolute atomic E-state index is 5.07. The van der Waals surface area contributed by atoms with Crippen molar-refractivity contribution in [2.24, 2.45) is 11.3 Å². The highest BCUT2D eigenvalue weighted by molar-refractivity contribution is 9.10. The smallest absolute Gasteiger partial charge is 0.0587 e. The number of methoxy groups -OCH3 is 1. The zero-order valence-electron chi connectivity index (χ0n) is 11.5. The van der Waals surface area contributed by atoms with E-state index in [4.69, 9.17) is 4.74 Å². The fraction of sp³-hybridized carbons (Fsp3) is 0.625. The standard InChI is InChI=1S/C16H22BrNO/c1-19-7-6-18-11-14-10-16(14)5-4-12-8-15(17)3-2-13(12)9-16/h2-3,8,14,18H,4-7,9-11H2,1H3. The van der Waals surface area contributed by atoms with Gasteiger partial charge >= 0.3 is 0 Å². The number of benzene rings is 1. The highest BCUT2D eigenvalue weighted by Crippen LogP contribution is 2.59. The van der Waals surface area contributed by atoms with E-state index in [1.54, 1.807) is 18.2 Å². The summed E-state index contributed by atoms with van der Waals surface area (Å²) in [5, 5.41) is 3.52. The first-order chi connectivity index (χ1) is 9.23. The maximum atomic E-state index is 5.07. The number of ether oxygens (including phenoxy) is 1. The largest absolute Gasteiger partial charge is 0.383 e. The average Bonchev–Trinajstić information content (AvgIpc) is 3.08. The highest BCUT2D eigenvalue weighted by Gasteiger charge is 2.53. The lowest BCUT2D eigenvalue weighted by atomic mass is 9.80. The molecule has 1 aromatic rings. The lowest BCUT2D eigenvalue weighted by molar-refractivity contribution is 0.198. The quantitative estimate of drug-likeness (QED) is 0.840. The fourth-order valence-electron chi connectivity index (χ4n) is 3.54. The number of rotatable bonds is 5. The van der Waals surface area contributed by atoms with E-state index in [1.165, 1.54) is 30.2 Å². The SMILES string of the molecule is COCCNCC1CC12CCc1cc(Br)ccc1C2. The van der Waals surface area contributed by atoms with Gasteiger partial charge < -0.3 is 10.1 Å². The molecular formula is C16H22BrNO. The van der Waals surface area contributed by atoms with E-state index in [1.807, 2.05) is 0 Å². The van der Waals surface area contributed by atoms with E-state index < -0.39 is 0 Å². The Kier molecular flexibility index (Phi) is 3.97. The molecule has 2 nitrogen and oxygen atoms in total. The van der Waals surface area contributed by atoms with Crippen LogP contribution in [0.1, 0.15) is 24.0 Å². The maximum Gasteiger partial charge on any atom is 0.0587 e. The van der Waals surface area contributed by atoms with Gasteiger partial charge in [-0.25, -0.2) is 0 Å². The van der Waals surface area contributed by atoms with Gasteiger partial charge in [-0.15, -0.1) is 0 Å². The molecule has 3 heteroatoms. The lowest BCUT2D eigenvalue weighted by Crippen LogP contribution is -2.25. The normalized spacial score (nSPS) is 28.4. The van der Waals surface area contributed by atoms with E-state index in [2.05, 4.69) is 39.4 Å². The molecule has 1 N–H and O–H groups in total. The Morgan fingerprint density at radius 2 is 2.32 bits per heavy atom. The fourth-order valence-corrected chi connectivity index (χ4v) is 3.95. The Bertz CT molecular complexity index is 462. The van der Waals surface area contributed by atoms with Gasteiger partial charge in [-0.2, -0.15) is 0 Å². The van der Waals surface area contributed by atoms with Crippen LogP contribution < -0.4 is 5.32 Å². The minimum Gasteiger partial charge on any atom is -0.383 e. The first kappa shape index (κ1) is 13.6. The summed E-state index contributed by atoms with van der Waals surface area (Å²) in [6.07, 6.45) is 5.31. The molecule has 1 saturated carbocycles. The molecule has 0 saturated heterocycles. The van der Waals surface area contributed by atoms with Crippen molar-refractivity contribution in [2.75, 3.05) is 26.8 Å². The summed E-state index contributed by atoms with van der Waals surface area (Å²) < 4.78 is 6.29. The van der Waals surface area contributed by atoms with Crippen LogP contribution in [-0.2, 0) is 17.6 Å². The zero-order chi connectivity index (χ0) is 13.3. The molecule has 1 aromatic carbocycles. The number of halogens is 1. The molecule has 3 rings (SSSR count). The Hall–Kier alpha value is -0.380. The van der Waals surface area contributed by atoms with Gasteiger partial charge in [0.15, 0.2) is 0 Å². The van der Waals surface area contributed by atoms with Crippen molar-refractivity contribution >= 4 is 15.9 Å². The molecule has 0 bridgehead atoms. The highest BCUT2D eigenvalue weighted by atomic mass is 79.9. The molecule has 0 aromatic heterocycles. The van der Waals surface area contributed by atoms with Crippen LogP contribution in [0.3, 0.4) is 0 Å². The molecule has 2 unspecified atom stereocenters. The Balaban J connectivity index is 1.56. The van der Waals surface area contributed by atoms with Gasteiger partial charge in [0, 0.05) is 18.1 Å². The summed E-state index contributed by atoms with van der Waals surface area (Å²) >= 11 is 3.57. The molecule has 2 atom stereocenters. The van der Waals surface area contributed by atoms with Crippen LogP contribution in [0.25, 0.3) is 0 Å². The molecule has 1 spiro atoms. The van der Waals surface area contributed by atoms with Gasteiger partial charge in [-0.1, -0.05) is 22.0 Å². The molecule has 19 heavy (non-hydrogen) atoms. The van der Waals surface area contributed by atoms with Crippen LogP contribution in [-0.4, -0.2) is 26.8 Å². The molecule has 0 aliphatic heterocycles. The Morgan fingerprint density at radius 3 is 3.16 bits per heavy atom. The van der Waals surface area contributed by atoms with Crippen molar-refractivity contribution in [3.05, 3.63) is 33.8 Å². The van der Waals surface area contributed by atoms with Crippen LogP contribution in [0.4, 0.5) is 0 Å². The molecule has 2 aliphatic carbocycles. The van der Waals surface area contributed by atoms with Crippen molar-refractivity contribution in [2.45, 2.75) is 25.7 Å². The molecule has 2 aliphatic rings. The van der Waals surface area contributed by atoms with E-state index in [0.29, 0.717) is 5.41 Å². The first-order valence-corrected chi connectivity index (χ1v) is 8.00. The second-order valence-corrected chi connectivity index (χ2v) is 6.97. The Labute approximate surface area is 124 Å². The van der Waals surface area contributed by atoms with E-state index in [9.17, 15) is 0 Å².